The normalized spacial score (nSPS) is 11.6. The second-order valence-electron chi connectivity index (χ2n) is 5.99. The molecule has 0 bridgehead atoms. The third kappa shape index (κ3) is 4.03. The highest BCUT2D eigenvalue weighted by Crippen LogP contribution is 2.36. The van der Waals surface area contributed by atoms with Crippen molar-refractivity contribution < 1.29 is 9.52 Å². The fourth-order valence-corrected chi connectivity index (χ4v) is 2.95. The summed E-state index contributed by atoms with van der Waals surface area (Å²) in [5.74, 6) is 1.28. The molecule has 118 valence electrons. The van der Waals surface area contributed by atoms with Gasteiger partial charge in [-0.3, -0.25) is 0 Å². The summed E-state index contributed by atoms with van der Waals surface area (Å²) in [7, 11) is 0. The van der Waals surface area contributed by atoms with E-state index < -0.39 is 5.60 Å². The zero-order chi connectivity index (χ0) is 16.3. The molecule has 0 aliphatic rings. The van der Waals surface area contributed by atoms with E-state index in [0.29, 0.717) is 11.0 Å². The van der Waals surface area contributed by atoms with Gasteiger partial charge in [0.1, 0.15) is 5.69 Å². The van der Waals surface area contributed by atoms with Crippen LogP contribution in [0.25, 0.3) is 22.6 Å². The lowest BCUT2D eigenvalue weighted by Crippen LogP contribution is -2.21. The van der Waals surface area contributed by atoms with Gasteiger partial charge in [-0.1, -0.05) is 72.4 Å². The smallest absolute Gasteiger partial charge is 0.256 e. The van der Waals surface area contributed by atoms with E-state index in [2.05, 4.69) is 4.98 Å². The monoisotopic (exact) mass is 325 g/mol. The Labute approximate surface area is 140 Å². The first-order valence-electron chi connectivity index (χ1n) is 7.50. The lowest BCUT2D eigenvalue weighted by Gasteiger charge is -2.14. The van der Waals surface area contributed by atoms with Gasteiger partial charge in [-0.2, -0.15) is 0 Å². The summed E-state index contributed by atoms with van der Waals surface area (Å²) in [6.45, 7) is 3.55. The Balaban J connectivity index is 2.01. The lowest BCUT2D eigenvalue weighted by molar-refractivity contribution is 0.106. The highest BCUT2D eigenvalue weighted by atomic mass is 32.2. The van der Waals surface area contributed by atoms with Crippen molar-refractivity contribution in [1.82, 2.24) is 4.98 Å². The molecular weight excluding hydrogens is 306 g/mol. The van der Waals surface area contributed by atoms with Crippen LogP contribution < -0.4 is 0 Å². The van der Waals surface area contributed by atoms with Crippen molar-refractivity contribution in [2.45, 2.75) is 24.7 Å². The first-order chi connectivity index (χ1) is 11.0. The molecule has 0 saturated carbocycles. The second-order valence-corrected chi connectivity index (χ2v) is 6.92. The van der Waals surface area contributed by atoms with Crippen molar-refractivity contribution in [3.05, 3.63) is 60.7 Å². The van der Waals surface area contributed by atoms with E-state index in [1.54, 1.807) is 13.8 Å². The second kappa shape index (κ2) is 6.60. The van der Waals surface area contributed by atoms with Crippen LogP contribution in [0.1, 0.15) is 13.8 Å². The number of thioether (sulfide) groups is 1. The summed E-state index contributed by atoms with van der Waals surface area (Å²) in [5, 5.41) is 10.5. The van der Waals surface area contributed by atoms with Gasteiger partial charge in [0.05, 0.1) is 5.60 Å². The fraction of sp³-hybridized carbons (Fsp3) is 0.211. The van der Waals surface area contributed by atoms with Crippen LogP contribution in [-0.2, 0) is 0 Å². The molecule has 0 atom stereocenters. The Kier molecular flexibility index (Phi) is 4.55. The van der Waals surface area contributed by atoms with Crippen molar-refractivity contribution >= 4 is 11.8 Å². The Hall–Kier alpha value is -2.04. The number of aromatic nitrogens is 1. The third-order valence-electron chi connectivity index (χ3n) is 3.24. The van der Waals surface area contributed by atoms with Crippen LogP contribution in [-0.4, -0.2) is 21.4 Å². The van der Waals surface area contributed by atoms with Gasteiger partial charge in [-0.05, 0) is 13.8 Å². The first kappa shape index (κ1) is 15.8. The van der Waals surface area contributed by atoms with Crippen LogP contribution in [0.2, 0.25) is 0 Å². The van der Waals surface area contributed by atoms with Crippen molar-refractivity contribution in [2.24, 2.45) is 0 Å². The van der Waals surface area contributed by atoms with Gasteiger partial charge >= 0.3 is 0 Å². The molecule has 0 fully saturated rings. The summed E-state index contributed by atoms with van der Waals surface area (Å²) in [6, 6.07) is 20.0. The molecule has 3 nitrogen and oxygen atoms in total. The van der Waals surface area contributed by atoms with Crippen LogP contribution in [0, 0.1) is 0 Å². The van der Waals surface area contributed by atoms with Gasteiger partial charge in [0.25, 0.3) is 5.22 Å². The maximum Gasteiger partial charge on any atom is 0.256 e. The molecule has 3 rings (SSSR count). The minimum Gasteiger partial charge on any atom is -0.431 e. The topological polar surface area (TPSA) is 46.3 Å². The average Bonchev–Trinajstić information content (AvgIpc) is 2.98. The fourth-order valence-electron chi connectivity index (χ4n) is 2.18. The zero-order valence-corrected chi connectivity index (χ0v) is 14.0. The van der Waals surface area contributed by atoms with Crippen molar-refractivity contribution in [1.29, 1.82) is 0 Å². The molecule has 1 N–H and O–H groups in total. The van der Waals surface area contributed by atoms with Crippen LogP contribution in [0.15, 0.2) is 70.3 Å². The number of benzene rings is 2. The minimum atomic E-state index is -0.765. The van der Waals surface area contributed by atoms with E-state index in [1.807, 2.05) is 60.7 Å². The summed E-state index contributed by atoms with van der Waals surface area (Å²) < 4.78 is 5.99. The summed E-state index contributed by atoms with van der Waals surface area (Å²) in [4.78, 5) is 4.65. The van der Waals surface area contributed by atoms with Crippen LogP contribution >= 0.6 is 11.8 Å². The summed E-state index contributed by atoms with van der Waals surface area (Å²) >= 11 is 1.42. The van der Waals surface area contributed by atoms with Gasteiger partial charge in [0.15, 0.2) is 5.76 Å². The van der Waals surface area contributed by atoms with Crippen molar-refractivity contribution in [3.8, 4) is 22.6 Å². The molecule has 1 aromatic heterocycles. The molecule has 0 spiro atoms. The molecule has 0 radical (unpaired) electrons. The molecule has 2 aromatic carbocycles. The SMILES string of the molecule is CC(C)(O)CSc1nc(-c2ccccc2)c(-c2ccccc2)o1. The molecule has 0 amide bonds. The quantitative estimate of drug-likeness (QED) is 0.680. The van der Waals surface area contributed by atoms with Gasteiger partial charge in [-0.25, -0.2) is 4.98 Å². The van der Waals surface area contributed by atoms with E-state index in [-0.39, 0.29) is 0 Å². The molecule has 0 unspecified atom stereocenters. The molecular formula is C19H19NO2S. The molecule has 0 aliphatic carbocycles. The Bertz CT molecular complexity index is 704. The number of oxazole rings is 1. The highest BCUT2D eigenvalue weighted by molar-refractivity contribution is 7.99. The molecule has 4 heteroatoms. The van der Waals surface area contributed by atoms with E-state index in [4.69, 9.17) is 4.42 Å². The lowest BCUT2D eigenvalue weighted by atomic mass is 10.1. The van der Waals surface area contributed by atoms with Crippen LogP contribution in [0.3, 0.4) is 0 Å². The number of aliphatic hydroxyl groups is 1. The number of nitrogens with zero attached hydrogens (tertiary/aromatic N) is 1. The van der Waals surface area contributed by atoms with E-state index in [9.17, 15) is 5.11 Å². The summed E-state index contributed by atoms with van der Waals surface area (Å²) in [5.41, 5.74) is 2.08. The standard InChI is InChI=1S/C19H19NO2S/c1-19(2,21)13-23-18-20-16(14-9-5-3-6-10-14)17(22-18)15-11-7-4-8-12-15/h3-12,21H,13H2,1-2H3. The maximum atomic E-state index is 9.90. The third-order valence-corrected chi connectivity index (χ3v) is 4.51. The van der Waals surface area contributed by atoms with Crippen molar-refractivity contribution in [3.63, 3.8) is 0 Å². The largest absolute Gasteiger partial charge is 0.431 e. The van der Waals surface area contributed by atoms with Crippen LogP contribution in [0.5, 0.6) is 0 Å². The van der Waals surface area contributed by atoms with Gasteiger partial charge in [0.2, 0.25) is 0 Å². The predicted molar refractivity (Wildman–Crippen MR) is 94.4 cm³/mol. The first-order valence-corrected chi connectivity index (χ1v) is 8.48. The molecule has 0 aliphatic heterocycles. The van der Waals surface area contributed by atoms with Gasteiger partial charge in [-0.15, -0.1) is 0 Å². The zero-order valence-electron chi connectivity index (χ0n) is 13.2. The minimum absolute atomic E-state index is 0.524. The maximum absolute atomic E-state index is 9.90. The number of rotatable bonds is 5. The Morgan fingerprint density at radius 2 is 1.52 bits per heavy atom. The average molecular weight is 325 g/mol. The number of hydrogen-bond donors (Lipinski definition) is 1. The molecule has 1 heterocycles. The van der Waals surface area contributed by atoms with Crippen LogP contribution in [0.4, 0.5) is 0 Å². The molecule has 0 saturated heterocycles. The summed E-state index contributed by atoms with van der Waals surface area (Å²) in [6.07, 6.45) is 0. The molecule has 23 heavy (non-hydrogen) atoms. The van der Waals surface area contributed by atoms with E-state index >= 15 is 0 Å². The molecule has 3 aromatic rings. The van der Waals surface area contributed by atoms with Gasteiger partial charge < -0.3 is 9.52 Å². The van der Waals surface area contributed by atoms with Crippen molar-refractivity contribution in [2.75, 3.05) is 5.75 Å². The number of hydrogen-bond acceptors (Lipinski definition) is 4. The van der Waals surface area contributed by atoms with E-state index in [1.165, 1.54) is 11.8 Å². The Morgan fingerprint density at radius 3 is 2.09 bits per heavy atom. The Morgan fingerprint density at radius 1 is 0.957 bits per heavy atom. The predicted octanol–water partition coefficient (Wildman–Crippen LogP) is 4.87. The van der Waals surface area contributed by atoms with Gasteiger partial charge in [0, 0.05) is 16.9 Å². The van der Waals surface area contributed by atoms with E-state index in [0.717, 1.165) is 22.6 Å². The highest BCUT2D eigenvalue weighted by Gasteiger charge is 2.20.